The molecule has 0 spiro atoms. The van der Waals surface area contributed by atoms with Crippen LogP contribution >= 0.6 is 11.3 Å². The molecule has 2 rings (SSSR count). The molecule has 0 saturated carbocycles. The van der Waals surface area contributed by atoms with Crippen molar-refractivity contribution in [2.75, 3.05) is 0 Å². The second kappa shape index (κ2) is 4.77. The summed E-state index contributed by atoms with van der Waals surface area (Å²) in [7, 11) is 0. The van der Waals surface area contributed by atoms with Crippen molar-refractivity contribution in [1.29, 1.82) is 0 Å². The van der Waals surface area contributed by atoms with Crippen molar-refractivity contribution in [3.63, 3.8) is 0 Å². The lowest BCUT2D eigenvalue weighted by molar-refractivity contribution is -0.121. The number of fused-ring (bicyclic) bond motifs is 1. The summed E-state index contributed by atoms with van der Waals surface area (Å²) in [6.07, 6.45) is 0.478. The van der Waals surface area contributed by atoms with Crippen LogP contribution in [0.4, 0.5) is 0 Å². The number of amides is 1. The molecule has 0 aromatic carbocycles. The zero-order valence-electron chi connectivity index (χ0n) is 11.5. The summed E-state index contributed by atoms with van der Waals surface area (Å²) in [5, 5.41) is 0.604. The molecule has 0 aliphatic carbocycles. The highest BCUT2D eigenvalue weighted by molar-refractivity contribution is 7.18. The maximum Gasteiger partial charge on any atom is 0.263 e. The molecule has 0 saturated heterocycles. The molecule has 2 aromatic heterocycles. The Bertz CT molecular complexity index is 715. The number of primary amides is 1. The number of nitrogens with two attached hydrogens (primary N) is 1. The average Bonchev–Trinajstić information content (AvgIpc) is 2.59. The molecule has 0 aliphatic rings. The number of carbonyl (C=O) groups excluding carboxylic acids is 1. The van der Waals surface area contributed by atoms with Crippen molar-refractivity contribution in [1.82, 2.24) is 9.55 Å². The van der Waals surface area contributed by atoms with Gasteiger partial charge in [-0.1, -0.05) is 6.92 Å². The Morgan fingerprint density at radius 2 is 2.05 bits per heavy atom. The van der Waals surface area contributed by atoms with Crippen molar-refractivity contribution in [3.8, 4) is 0 Å². The van der Waals surface area contributed by atoms with E-state index in [2.05, 4.69) is 4.98 Å². The van der Waals surface area contributed by atoms with Gasteiger partial charge in [-0.15, -0.1) is 11.3 Å². The van der Waals surface area contributed by atoms with E-state index in [0.29, 0.717) is 17.6 Å². The summed E-state index contributed by atoms with van der Waals surface area (Å²) in [6, 6.07) is -0.635. The number of aryl methyl sites for hydroxylation is 3. The SMILES string of the molecule is CCC(C(N)=O)n1c(C)nc2sc(C)c(C)c2c1=O. The van der Waals surface area contributed by atoms with Crippen LogP contribution in [0.25, 0.3) is 10.2 Å². The molecular formula is C13H17N3O2S. The van der Waals surface area contributed by atoms with Crippen LogP contribution in [0.1, 0.15) is 35.7 Å². The van der Waals surface area contributed by atoms with Crippen LogP contribution in [0.15, 0.2) is 4.79 Å². The van der Waals surface area contributed by atoms with Crippen LogP contribution < -0.4 is 11.3 Å². The number of rotatable bonds is 3. The normalized spacial score (nSPS) is 12.8. The number of nitrogens with zero attached hydrogens (tertiary/aromatic N) is 2. The van der Waals surface area contributed by atoms with Crippen LogP contribution in [-0.4, -0.2) is 15.5 Å². The topological polar surface area (TPSA) is 78.0 Å². The van der Waals surface area contributed by atoms with E-state index in [-0.39, 0.29) is 5.56 Å². The first kappa shape index (κ1) is 13.7. The number of carbonyl (C=O) groups is 1. The quantitative estimate of drug-likeness (QED) is 0.930. The average molecular weight is 279 g/mol. The Hall–Kier alpha value is -1.69. The van der Waals surface area contributed by atoms with E-state index in [1.54, 1.807) is 6.92 Å². The molecule has 2 heterocycles. The van der Waals surface area contributed by atoms with Gasteiger partial charge in [-0.25, -0.2) is 4.98 Å². The van der Waals surface area contributed by atoms with Crippen LogP contribution in [0.2, 0.25) is 0 Å². The fourth-order valence-corrected chi connectivity index (χ4v) is 3.35. The fourth-order valence-electron chi connectivity index (χ4n) is 2.29. The van der Waals surface area contributed by atoms with Crippen LogP contribution in [0.5, 0.6) is 0 Å². The monoisotopic (exact) mass is 279 g/mol. The summed E-state index contributed by atoms with van der Waals surface area (Å²) in [5.74, 6) is 0.0304. The maximum absolute atomic E-state index is 12.6. The van der Waals surface area contributed by atoms with Gasteiger partial charge in [0.25, 0.3) is 5.56 Å². The van der Waals surface area contributed by atoms with E-state index in [1.165, 1.54) is 15.9 Å². The van der Waals surface area contributed by atoms with Gasteiger partial charge in [0.15, 0.2) is 0 Å². The first-order valence-electron chi connectivity index (χ1n) is 6.16. The molecule has 0 fully saturated rings. The smallest absolute Gasteiger partial charge is 0.263 e. The predicted octanol–water partition coefficient (Wildman–Crippen LogP) is 1.82. The van der Waals surface area contributed by atoms with Gasteiger partial charge < -0.3 is 5.73 Å². The molecule has 6 heteroatoms. The Labute approximate surface area is 115 Å². The molecular weight excluding hydrogens is 262 g/mol. The molecule has 5 nitrogen and oxygen atoms in total. The maximum atomic E-state index is 12.6. The van der Waals surface area contributed by atoms with Crippen molar-refractivity contribution < 1.29 is 4.79 Å². The zero-order valence-corrected chi connectivity index (χ0v) is 12.3. The lowest BCUT2D eigenvalue weighted by Crippen LogP contribution is -2.35. The fraction of sp³-hybridized carbons (Fsp3) is 0.462. The molecule has 19 heavy (non-hydrogen) atoms. The van der Waals surface area contributed by atoms with Gasteiger partial charge in [-0.3, -0.25) is 14.2 Å². The number of hydrogen-bond donors (Lipinski definition) is 1. The third kappa shape index (κ3) is 2.06. The highest BCUT2D eigenvalue weighted by atomic mass is 32.1. The van der Waals surface area contributed by atoms with Gasteiger partial charge in [0.05, 0.1) is 5.39 Å². The first-order valence-corrected chi connectivity index (χ1v) is 6.98. The predicted molar refractivity (Wildman–Crippen MR) is 76.6 cm³/mol. The molecule has 2 aromatic rings. The molecule has 1 atom stereocenters. The van der Waals surface area contributed by atoms with E-state index in [9.17, 15) is 9.59 Å². The first-order chi connectivity index (χ1) is 8.88. The van der Waals surface area contributed by atoms with E-state index < -0.39 is 11.9 Å². The Morgan fingerprint density at radius 3 is 2.58 bits per heavy atom. The van der Waals surface area contributed by atoms with E-state index >= 15 is 0 Å². The molecule has 102 valence electrons. The largest absolute Gasteiger partial charge is 0.368 e. The van der Waals surface area contributed by atoms with Gasteiger partial charge >= 0.3 is 0 Å². The summed E-state index contributed by atoms with van der Waals surface area (Å²) < 4.78 is 1.42. The highest BCUT2D eigenvalue weighted by Crippen LogP contribution is 2.27. The molecule has 0 aliphatic heterocycles. The minimum absolute atomic E-state index is 0.171. The number of thiophene rings is 1. The second-order valence-corrected chi connectivity index (χ2v) is 5.83. The van der Waals surface area contributed by atoms with Crippen LogP contribution in [0, 0.1) is 20.8 Å². The minimum Gasteiger partial charge on any atom is -0.368 e. The van der Waals surface area contributed by atoms with Crippen molar-refractivity contribution >= 4 is 27.5 Å². The minimum atomic E-state index is -0.635. The van der Waals surface area contributed by atoms with Gasteiger partial charge in [-0.2, -0.15) is 0 Å². The lowest BCUT2D eigenvalue weighted by Gasteiger charge is -2.17. The number of hydrogen-bond acceptors (Lipinski definition) is 4. The summed E-state index contributed by atoms with van der Waals surface area (Å²) in [6.45, 7) is 7.43. The van der Waals surface area contributed by atoms with Crippen LogP contribution in [-0.2, 0) is 4.79 Å². The Kier molecular flexibility index (Phi) is 3.45. The Balaban J connectivity index is 2.86. The van der Waals surface area contributed by atoms with E-state index in [4.69, 9.17) is 5.73 Å². The zero-order chi connectivity index (χ0) is 14.3. The molecule has 1 amide bonds. The molecule has 0 radical (unpaired) electrons. The third-order valence-electron chi connectivity index (χ3n) is 3.44. The van der Waals surface area contributed by atoms with Gasteiger partial charge in [-0.05, 0) is 32.8 Å². The van der Waals surface area contributed by atoms with Gasteiger partial charge in [0.2, 0.25) is 5.91 Å². The second-order valence-electron chi connectivity index (χ2n) is 4.62. The lowest BCUT2D eigenvalue weighted by atomic mass is 10.1. The molecule has 1 unspecified atom stereocenters. The molecule has 0 bridgehead atoms. The Morgan fingerprint density at radius 1 is 1.42 bits per heavy atom. The molecule has 2 N–H and O–H groups in total. The third-order valence-corrected chi connectivity index (χ3v) is 4.54. The van der Waals surface area contributed by atoms with Gasteiger partial charge in [0, 0.05) is 4.88 Å². The summed E-state index contributed by atoms with van der Waals surface area (Å²) in [5.41, 5.74) is 6.14. The van der Waals surface area contributed by atoms with Crippen molar-refractivity contribution in [2.45, 2.75) is 40.2 Å². The number of aromatic nitrogens is 2. The van der Waals surface area contributed by atoms with Crippen molar-refractivity contribution in [3.05, 3.63) is 26.6 Å². The van der Waals surface area contributed by atoms with E-state index in [1.807, 2.05) is 20.8 Å². The summed E-state index contributed by atoms with van der Waals surface area (Å²) >= 11 is 1.50. The standard InChI is InChI=1S/C13H17N3O2S/c1-5-9(11(14)17)16-8(4)15-12-10(13(16)18)6(2)7(3)19-12/h9H,5H2,1-4H3,(H2,14,17). The van der Waals surface area contributed by atoms with Gasteiger partial charge in [0.1, 0.15) is 16.7 Å². The highest BCUT2D eigenvalue weighted by Gasteiger charge is 2.22. The summed E-state index contributed by atoms with van der Waals surface area (Å²) in [4.78, 5) is 30.4. The van der Waals surface area contributed by atoms with Crippen molar-refractivity contribution in [2.24, 2.45) is 5.73 Å². The van der Waals surface area contributed by atoms with E-state index in [0.717, 1.165) is 15.3 Å². The van der Waals surface area contributed by atoms with Crippen LogP contribution in [0.3, 0.4) is 0 Å².